The number of rotatable bonds is 0. The molecule has 10 heavy (non-hydrogen) atoms. The van der Waals surface area contributed by atoms with Crippen LogP contribution >= 0.6 is 0 Å². The van der Waals surface area contributed by atoms with Crippen LogP contribution in [0.1, 0.15) is 41.0 Å². The second-order valence-electron chi connectivity index (χ2n) is 4.82. The minimum atomic E-state index is 0.596. The predicted octanol–water partition coefficient (Wildman–Crippen LogP) is 3.32. The first-order chi connectivity index (χ1) is 4.45. The van der Waals surface area contributed by atoms with Crippen molar-refractivity contribution in [1.82, 2.24) is 0 Å². The molecule has 0 aliphatic heterocycles. The molecule has 1 rings (SSSR count). The molecular weight excluding hydrogens is 120 g/mol. The molecule has 0 heteroatoms. The molecule has 3 atom stereocenters. The van der Waals surface area contributed by atoms with Gasteiger partial charge in [0.2, 0.25) is 0 Å². The number of hydrogen-bond acceptors (Lipinski definition) is 0. The molecule has 1 aliphatic carbocycles. The van der Waals surface area contributed by atoms with Crippen LogP contribution in [0.4, 0.5) is 0 Å². The molecule has 1 aliphatic rings. The topological polar surface area (TPSA) is 0 Å². The van der Waals surface area contributed by atoms with Crippen molar-refractivity contribution in [2.45, 2.75) is 41.0 Å². The van der Waals surface area contributed by atoms with Crippen LogP contribution in [0.3, 0.4) is 0 Å². The van der Waals surface area contributed by atoms with Crippen LogP contribution in [0.15, 0.2) is 0 Å². The van der Waals surface area contributed by atoms with Gasteiger partial charge in [0.15, 0.2) is 0 Å². The molecule has 0 unspecified atom stereocenters. The molecule has 0 nitrogen and oxygen atoms in total. The third-order valence-electron chi connectivity index (χ3n) is 3.77. The van der Waals surface area contributed by atoms with E-state index in [1.165, 1.54) is 6.42 Å². The molecule has 0 heterocycles. The van der Waals surface area contributed by atoms with Gasteiger partial charge in [-0.2, -0.15) is 0 Å². The molecule has 0 bridgehead atoms. The molecule has 1 fully saturated rings. The van der Waals surface area contributed by atoms with Crippen molar-refractivity contribution in [3.05, 3.63) is 0 Å². The third-order valence-corrected chi connectivity index (χ3v) is 3.77. The predicted molar refractivity (Wildman–Crippen MR) is 45.9 cm³/mol. The highest BCUT2D eigenvalue weighted by molar-refractivity contribution is 4.90. The number of hydrogen-bond donors (Lipinski definition) is 0. The molecule has 1 saturated carbocycles. The fourth-order valence-corrected chi connectivity index (χ4v) is 2.41. The zero-order chi connectivity index (χ0) is 7.94. The zero-order valence-corrected chi connectivity index (χ0v) is 7.94. The van der Waals surface area contributed by atoms with Gasteiger partial charge in [-0.15, -0.1) is 0 Å². The lowest BCUT2D eigenvalue weighted by atomic mass is 9.81. The van der Waals surface area contributed by atoms with Crippen molar-refractivity contribution in [2.75, 3.05) is 0 Å². The molecule has 0 saturated heterocycles. The first-order valence-corrected chi connectivity index (χ1v) is 4.45. The minimum absolute atomic E-state index is 0.596. The maximum Gasteiger partial charge on any atom is -0.0323 e. The van der Waals surface area contributed by atoms with Gasteiger partial charge in [0.1, 0.15) is 0 Å². The van der Waals surface area contributed by atoms with E-state index < -0.39 is 0 Å². The highest BCUT2D eigenvalue weighted by Gasteiger charge is 2.40. The van der Waals surface area contributed by atoms with Gasteiger partial charge in [0.25, 0.3) is 0 Å². The summed E-state index contributed by atoms with van der Waals surface area (Å²) in [5.41, 5.74) is 0.596. The summed E-state index contributed by atoms with van der Waals surface area (Å²) in [5.74, 6) is 2.77. The maximum absolute atomic E-state index is 2.40. The smallest absolute Gasteiger partial charge is 0.0323 e. The van der Waals surface area contributed by atoms with E-state index in [1.54, 1.807) is 0 Å². The first kappa shape index (κ1) is 8.10. The molecule has 0 radical (unpaired) electrons. The van der Waals surface area contributed by atoms with Crippen molar-refractivity contribution in [3.63, 3.8) is 0 Å². The minimum Gasteiger partial charge on any atom is -0.0622 e. The van der Waals surface area contributed by atoms with E-state index in [9.17, 15) is 0 Å². The summed E-state index contributed by atoms with van der Waals surface area (Å²) in [6, 6.07) is 0. The average Bonchev–Trinajstić information content (AvgIpc) is 1.95. The maximum atomic E-state index is 2.40. The molecule has 0 aromatic heterocycles. The summed E-state index contributed by atoms with van der Waals surface area (Å²) in [7, 11) is 0. The van der Waals surface area contributed by atoms with E-state index in [-0.39, 0.29) is 0 Å². The Bertz CT molecular complexity index is 124. The van der Waals surface area contributed by atoms with Crippen LogP contribution in [0.25, 0.3) is 0 Å². The van der Waals surface area contributed by atoms with E-state index in [0.29, 0.717) is 5.41 Å². The quantitative estimate of drug-likeness (QED) is 0.484. The van der Waals surface area contributed by atoms with Gasteiger partial charge in [-0.25, -0.2) is 0 Å². The zero-order valence-electron chi connectivity index (χ0n) is 7.94. The molecule has 0 spiro atoms. The van der Waals surface area contributed by atoms with Crippen LogP contribution in [-0.2, 0) is 0 Å². The van der Waals surface area contributed by atoms with Gasteiger partial charge >= 0.3 is 0 Å². The van der Waals surface area contributed by atoms with Gasteiger partial charge in [-0.3, -0.25) is 0 Å². The monoisotopic (exact) mass is 140 g/mol. The standard InChI is InChI=1S/C10H20/c1-7-6-10(4,5)9(3)8(7)2/h7-9H,6H2,1-5H3/t7-,8+,9+/m1/s1. The van der Waals surface area contributed by atoms with E-state index in [2.05, 4.69) is 34.6 Å². The van der Waals surface area contributed by atoms with E-state index in [1.807, 2.05) is 0 Å². The summed E-state index contributed by atoms with van der Waals surface area (Å²) in [6.45, 7) is 12.0. The summed E-state index contributed by atoms with van der Waals surface area (Å²) in [4.78, 5) is 0. The van der Waals surface area contributed by atoms with E-state index in [4.69, 9.17) is 0 Å². The normalized spacial score (nSPS) is 45.9. The van der Waals surface area contributed by atoms with Gasteiger partial charge in [0.05, 0.1) is 0 Å². The van der Waals surface area contributed by atoms with Crippen molar-refractivity contribution in [2.24, 2.45) is 23.2 Å². The fourth-order valence-electron chi connectivity index (χ4n) is 2.41. The third kappa shape index (κ3) is 1.09. The van der Waals surface area contributed by atoms with Gasteiger partial charge < -0.3 is 0 Å². The van der Waals surface area contributed by atoms with Crippen LogP contribution in [0, 0.1) is 23.2 Å². The van der Waals surface area contributed by atoms with Crippen LogP contribution in [-0.4, -0.2) is 0 Å². The van der Waals surface area contributed by atoms with Gasteiger partial charge in [-0.1, -0.05) is 34.6 Å². The van der Waals surface area contributed by atoms with Crippen molar-refractivity contribution < 1.29 is 0 Å². The second-order valence-corrected chi connectivity index (χ2v) is 4.82. The lowest BCUT2D eigenvalue weighted by molar-refractivity contribution is 0.247. The Balaban J connectivity index is 2.71. The van der Waals surface area contributed by atoms with E-state index in [0.717, 1.165) is 17.8 Å². The Morgan fingerprint density at radius 3 is 1.70 bits per heavy atom. The Morgan fingerprint density at radius 2 is 1.60 bits per heavy atom. The SMILES string of the molecule is C[C@H]1[C@H](C)CC(C)(C)[C@H]1C. The van der Waals surface area contributed by atoms with Crippen molar-refractivity contribution >= 4 is 0 Å². The molecule has 0 aromatic rings. The Labute approximate surface area is 65.0 Å². The largest absolute Gasteiger partial charge is 0.0622 e. The van der Waals surface area contributed by atoms with Crippen LogP contribution in [0.2, 0.25) is 0 Å². The molecular formula is C10H20. The van der Waals surface area contributed by atoms with Crippen LogP contribution in [0.5, 0.6) is 0 Å². The summed E-state index contributed by atoms with van der Waals surface area (Å²) < 4.78 is 0. The average molecular weight is 140 g/mol. The lowest BCUT2D eigenvalue weighted by Gasteiger charge is -2.25. The lowest BCUT2D eigenvalue weighted by Crippen LogP contribution is -2.17. The summed E-state index contributed by atoms with van der Waals surface area (Å²) in [5, 5.41) is 0. The van der Waals surface area contributed by atoms with Crippen molar-refractivity contribution in [1.29, 1.82) is 0 Å². The molecule has 0 N–H and O–H groups in total. The highest BCUT2D eigenvalue weighted by atomic mass is 14.5. The Kier molecular flexibility index (Phi) is 1.82. The summed E-state index contributed by atoms with van der Waals surface area (Å²) >= 11 is 0. The molecule has 0 aromatic carbocycles. The van der Waals surface area contributed by atoms with Gasteiger partial charge in [-0.05, 0) is 29.6 Å². The fraction of sp³-hybridized carbons (Fsp3) is 1.00. The van der Waals surface area contributed by atoms with Crippen LogP contribution < -0.4 is 0 Å². The Morgan fingerprint density at radius 1 is 1.10 bits per heavy atom. The first-order valence-electron chi connectivity index (χ1n) is 4.45. The van der Waals surface area contributed by atoms with E-state index >= 15 is 0 Å². The Hall–Kier alpha value is 0. The summed E-state index contributed by atoms with van der Waals surface area (Å²) in [6.07, 6.45) is 1.41. The van der Waals surface area contributed by atoms with Crippen molar-refractivity contribution in [3.8, 4) is 0 Å². The molecule has 0 amide bonds. The molecule has 60 valence electrons. The second kappa shape index (κ2) is 2.25. The van der Waals surface area contributed by atoms with Gasteiger partial charge in [0, 0.05) is 0 Å². The highest BCUT2D eigenvalue weighted by Crippen LogP contribution is 2.48.